The molecule has 0 spiro atoms. The van der Waals surface area contributed by atoms with Crippen molar-refractivity contribution in [3.63, 3.8) is 0 Å². The minimum absolute atomic E-state index is 0.295. The van der Waals surface area contributed by atoms with Crippen molar-refractivity contribution >= 4 is 15.9 Å². The molecular formula is C17H20N2O3S. The quantitative estimate of drug-likeness (QED) is 0.840. The standard InChI is InChI=1S/C17H20N2O3S/c18-12-15-8-4-5-9-16(15)13-23(21,22)19-17(20)11-10-14-6-2-1-3-7-14/h4-5,8-11,14H,1-3,6-7,13H2,(H,19,20)/b11-10+. The summed E-state index contributed by atoms with van der Waals surface area (Å²) in [6, 6.07) is 8.40. The molecule has 1 N–H and O–H groups in total. The van der Waals surface area contributed by atoms with E-state index in [0.717, 1.165) is 25.7 Å². The van der Waals surface area contributed by atoms with Crippen LogP contribution in [0.25, 0.3) is 0 Å². The van der Waals surface area contributed by atoms with Gasteiger partial charge in [0.05, 0.1) is 17.4 Å². The third-order valence-corrected chi connectivity index (χ3v) is 5.11. The number of hydrogen-bond donors (Lipinski definition) is 1. The fraction of sp³-hybridized carbons (Fsp3) is 0.412. The lowest BCUT2D eigenvalue weighted by atomic mass is 9.89. The van der Waals surface area contributed by atoms with Gasteiger partial charge in [-0.25, -0.2) is 13.1 Å². The van der Waals surface area contributed by atoms with Crippen molar-refractivity contribution in [1.82, 2.24) is 4.72 Å². The molecular weight excluding hydrogens is 312 g/mol. The Morgan fingerprint density at radius 3 is 2.65 bits per heavy atom. The van der Waals surface area contributed by atoms with Crippen LogP contribution in [-0.2, 0) is 20.6 Å². The van der Waals surface area contributed by atoms with Crippen LogP contribution < -0.4 is 4.72 Å². The third-order valence-electron chi connectivity index (χ3n) is 3.91. The van der Waals surface area contributed by atoms with Gasteiger partial charge in [-0.15, -0.1) is 0 Å². The van der Waals surface area contributed by atoms with Crippen LogP contribution in [0.4, 0.5) is 0 Å². The maximum atomic E-state index is 12.1. The predicted octanol–water partition coefficient (Wildman–Crippen LogP) is 2.64. The number of nitrogens with one attached hydrogen (secondary N) is 1. The number of nitrogens with zero attached hydrogens (tertiary/aromatic N) is 1. The number of nitriles is 1. The Labute approximate surface area is 137 Å². The Kier molecular flexibility index (Phi) is 5.94. The summed E-state index contributed by atoms with van der Waals surface area (Å²) in [4.78, 5) is 11.8. The second kappa shape index (κ2) is 7.93. The highest BCUT2D eigenvalue weighted by Crippen LogP contribution is 2.24. The monoisotopic (exact) mass is 332 g/mol. The lowest BCUT2D eigenvalue weighted by molar-refractivity contribution is -0.114. The van der Waals surface area contributed by atoms with E-state index in [1.165, 1.54) is 12.5 Å². The van der Waals surface area contributed by atoms with Gasteiger partial charge in [0.25, 0.3) is 5.91 Å². The molecule has 0 saturated heterocycles. The van der Waals surface area contributed by atoms with Gasteiger partial charge in [0.1, 0.15) is 0 Å². The van der Waals surface area contributed by atoms with Gasteiger partial charge in [-0.2, -0.15) is 5.26 Å². The lowest BCUT2D eigenvalue weighted by Crippen LogP contribution is -2.30. The van der Waals surface area contributed by atoms with E-state index in [0.29, 0.717) is 17.0 Å². The van der Waals surface area contributed by atoms with Gasteiger partial charge in [-0.3, -0.25) is 4.79 Å². The van der Waals surface area contributed by atoms with Gasteiger partial charge >= 0.3 is 0 Å². The highest BCUT2D eigenvalue weighted by atomic mass is 32.2. The molecule has 1 aromatic carbocycles. The average molecular weight is 332 g/mol. The Bertz CT molecular complexity index is 726. The zero-order chi connectivity index (χ0) is 16.7. The average Bonchev–Trinajstić information content (AvgIpc) is 2.53. The number of rotatable bonds is 5. The first-order chi connectivity index (χ1) is 11.0. The molecule has 0 heterocycles. The Hall–Kier alpha value is -2.13. The molecule has 1 aromatic rings. The van der Waals surface area contributed by atoms with Gasteiger partial charge in [0, 0.05) is 6.08 Å². The van der Waals surface area contributed by atoms with Crippen LogP contribution in [0.2, 0.25) is 0 Å². The van der Waals surface area contributed by atoms with Gasteiger partial charge < -0.3 is 0 Å². The molecule has 2 rings (SSSR count). The molecule has 23 heavy (non-hydrogen) atoms. The number of allylic oxidation sites excluding steroid dienone is 1. The molecule has 0 aliphatic heterocycles. The summed E-state index contributed by atoms with van der Waals surface area (Å²) in [7, 11) is -3.82. The molecule has 0 bridgehead atoms. The first kappa shape index (κ1) is 17.2. The molecule has 6 heteroatoms. The van der Waals surface area contributed by atoms with E-state index >= 15 is 0 Å². The molecule has 1 fully saturated rings. The topological polar surface area (TPSA) is 87.0 Å². The molecule has 5 nitrogen and oxygen atoms in total. The molecule has 1 aliphatic rings. The van der Waals surface area contributed by atoms with E-state index in [1.807, 2.05) is 10.8 Å². The highest BCUT2D eigenvalue weighted by Gasteiger charge is 2.17. The van der Waals surface area contributed by atoms with Crippen molar-refractivity contribution < 1.29 is 13.2 Å². The van der Waals surface area contributed by atoms with Crippen LogP contribution >= 0.6 is 0 Å². The largest absolute Gasteiger partial charge is 0.269 e. The number of benzene rings is 1. The van der Waals surface area contributed by atoms with Crippen molar-refractivity contribution in [2.45, 2.75) is 37.9 Å². The molecule has 0 atom stereocenters. The van der Waals surface area contributed by atoms with Crippen LogP contribution in [0.3, 0.4) is 0 Å². The number of amides is 1. The Morgan fingerprint density at radius 1 is 1.26 bits per heavy atom. The summed E-state index contributed by atoms with van der Waals surface area (Å²) in [6.07, 6.45) is 8.73. The second-order valence-corrected chi connectivity index (χ2v) is 7.47. The summed E-state index contributed by atoms with van der Waals surface area (Å²) >= 11 is 0. The van der Waals surface area contributed by atoms with Crippen LogP contribution in [0.1, 0.15) is 43.2 Å². The van der Waals surface area contributed by atoms with Crippen LogP contribution in [0.5, 0.6) is 0 Å². The first-order valence-electron chi connectivity index (χ1n) is 7.71. The second-order valence-electron chi connectivity index (χ2n) is 5.75. The van der Waals surface area contributed by atoms with Crippen molar-refractivity contribution in [3.05, 3.63) is 47.5 Å². The van der Waals surface area contributed by atoms with Crippen LogP contribution in [0, 0.1) is 17.2 Å². The summed E-state index contributed by atoms with van der Waals surface area (Å²) in [5.41, 5.74) is 0.676. The third kappa shape index (κ3) is 5.53. The summed E-state index contributed by atoms with van der Waals surface area (Å²) in [5, 5.41) is 8.98. The molecule has 1 saturated carbocycles. The molecule has 1 amide bonds. The Balaban J connectivity index is 1.96. The minimum Gasteiger partial charge on any atom is -0.269 e. The zero-order valence-electron chi connectivity index (χ0n) is 12.9. The van der Waals surface area contributed by atoms with E-state index in [4.69, 9.17) is 5.26 Å². The smallest absolute Gasteiger partial charge is 0.257 e. The van der Waals surface area contributed by atoms with E-state index in [9.17, 15) is 13.2 Å². The first-order valence-corrected chi connectivity index (χ1v) is 9.36. The van der Waals surface area contributed by atoms with E-state index in [1.54, 1.807) is 30.3 Å². The molecule has 0 aromatic heterocycles. The predicted molar refractivity (Wildman–Crippen MR) is 87.6 cm³/mol. The van der Waals surface area contributed by atoms with Crippen molar-refractivity contribution in [3.8, 4) is 6.07 Å². The summed E-state index contributed by atoms with van der Waals surface area (Å²) in [5.74, 6) is -0.666. The normalized spacial score (nSPS) is 16.1. The molecule has 0 radical (unpaired) electrons. The maximum Gasteiger partial charge on any atom is 0.257 e. The van der Waals surface area contributed by atoms with Crippen molar-refractivity contribution in [1.29, 1.82) is 5.26 Å². The number of hydrogen-bond acceptors (Lipinski definition) is 4. The van der Waals surface area contributed by atoms with Gasteiger partial charge in [-0.05, 0) is 30.4 Å². The van der Waals surface area contributed by atoms with E-state index in [-0.39, 0.29) is 5.75 Å². The van der Waals surface area contributed by atoms with Crippen LogP contribution in [-0.4, -0.2) is 14.3 Å². The van der Waals surface area contributed by atoms with Crippen LogP contribution in [0.15, 0.2) is 36.4 Å². The number of sulfonamides is 1. The fourth-order valence-corrected chi connectivity index (χ4v) is 3.84. The molecule has 122 valence electrons. The molecule has 1 aliphatic carbocycles. The Morgan fingerprint density at radius 2 is 1.96 bits per heavy atom. The van der Waals surface area contributed by atoms with Gasteiger partial charge in [0.2, 0.25) is 10.0 Å². The van der Waals surface area contributed by atoms with Gasteiger partial charge in [0.15, 0.2) is 0 Å². The number of carbonyl (C=O) groups excluding carboxylic acids is 1. The van der Waals surface area contributed by atoms with Crippen molar-refractivity contribution in [2.24, 2.45) is 5.92 Å². The highest BCUT2D eigenvalue weighted by molar-refractivity contribution is 7.89. The summed E-state index contributed by atoms with van der Waals surface area (Å²) < 4.78 is 26.1. The SMILES string of the molecule is N#Cc1ccccc1CS(=O)(=O)NC(=O)/C=C/C1CCCCC1. The molecule has 0 unspecified atom stereocenters. The van der Waals surface area contributed by atoms with Crippen molar-refractivity contribution in [2.75, 3.05) is 0 Å². The lowest BCUT2D eigenvalue weighted by Gasteiger charge is -2.17. The summed E-state index contributed by atoms with van der Waals surface area (Å²) in [6.45, 7) is 0. The maximum absolute atomic E-state index is 12.1. The van der Waals surface area contributed by atoms with E-state index < -0.39 is 15.9 Å². The number of carbonyl (C=O) groups is 1. The fourth-order valence-electron chi connectivity index (χ4n) is 2.73. The zero-order valence-corrected chi connectivity index (χ0v) is 13.7. The van der Waals surface area contributed by atoms with Gasteiger partial charge in [-0.1, -0.05) is 43.5 Å². The van der Waals surface area contributed by atoms with E-state index in [2.05, 4.69) is 0 Å². The minimum atomic E-state index is -3.82.